The monoisotopic (exact) mass is 367 g/mol. The van der Waals surface area contributed by atoms with Gasteiger partial charge in [0, 0.05) is 12.0 Å². The highest BCUT2D eigenvalue weighted by Crippen LogP contribution is 2.66. The van der Waals surface area contributed by atoms with Gasteiger partial charge in [-0.15, -0.1) is 0 Å². The van der Waals surface area contributed by atoms with Gasteiger partial charge in [0.05, 0.1) is 16.7 Å². The number of hydrogen-bond acceptors (Lipinski definition) is 5. The first-order valence-electron chi connectivity index (χ1n) is 9.17. The molecule has 0 saturated heterocycles. The van der Waals surface area contributed by atoms with Gasteiger partial charge in [-0.25, -0.2) is 5.43 Å². The second-order valence-corrected chi connectivity index (χ2v) is 7.55. The van der Waals surface area contributed by atoms with Gasteiger partial charge in [-0.3, -0.25) is 14.9 Å². The van der Waals surface area contributed by atoms with Crippen molar-refractivity contribution in [3.05, 3.63) is 52.3 Å². The lowest BCUT2D eigenvalue weighted by Crippen LogP contribution is -2.22. The van der Waals surface area contributed by atoms with E-state index in [2.05, 4.69) is 17.5 Å². The van der Waals surface area contributed by atoms with E-state index in [1.54, 1.807) is 30.3 Å². The van der Waals surface area contributed by atoms with Crippen LogP contribution < -0.4 is 5.43 Å². The van der Waals surface area contributed by atoms with Crippen LogP contribution in [0.5, 0.6) is 0 Å². The number of carbonyl (C=O) groups is 1. The molecule has 4 rings (SSSR count). The molecule has 0 radical (unpaired) electrons. The zero-order valence-electron chi connectivity index (χ0n) is 15.1. The Bertz CT molecular complexity index is 919. The minimum Gasteiger partial charge on any atom is -0.455 e. The average molecular weight is 367 g/mol. The van der Waals surface area contributed by atoms with E-state index in [-0.39, 0.29) is 22.9 Å². The van der Waals surface area contributed by atoms with Gasteiger partial charge in [-0.1, -0.05) is 31.9 Å². The molecule has 2 saturated carbocycles. The molecule has 0 spiro atoms. The summed E-state index contributed by atoms with van der Waals surface area (Å²) in [6.07, 6.45) is 6.05. The molecule has 3 atom stereocenters. The van der Waals surface area contributed by atoms with Crippen molar-refractivity contribution in [2.24, 2.45) is 22.4 Å². The van der Waals surface area contributed by atoms with E-state index in [9.17, 15) is 14.9 Å². The number of nitro groups is 1. The van der Waals surface area contributed by atoms with Gasteiger partial charge in [0.15, 0.2) is 0 Å². The Morgan fingerprint density at radius 2 is 2.15 bits per heavy atom. The van der Waals surface area contributed by atoms with Crippen LogP contribution in [0, 0.1) is 27.4 Å². The fourth-order valence-corrected chi connectivity index (χ4v) is 4.49. The third kappa shape index (κ3) is 3.13. The highest BCUT2D eigenvalue weighted by atomic mass is 16.6. The van der Waals surface area contributed by atoms with Crippen LogP contribution in [-0.2, 0) is 4.79 Å². The first-order chi connectivity index (χ1) is 13.0. The molecule has 140 valence electrons. The summed E-state index contributed by atoms with van der Waals surface area (Å²) in [5.74, 6) is 1.30. The van der Waals surface area contributed by atoms with Crippen LogP contribution in [0.15, 0.2) is 45.9 Å². The number of nitrogens with one attached hydrogen (secondary N) is 1. The van der Waals surface area contributed by atoms with E-state index in [1.807, 2.05) is 0 Å². The molecule has 0 unspecified atom stereocenters. The number of para-hydroxylation sites is 1. The van der Waals surface area contributed by atoms with Gasteiger partial charge in [-0.05, 0) is 42.4 Å². The topological polar surface area (TPSA) is 97.7 Å². The van der Waals surface area contributed by atoms with Gasteiger partial charge in [0.25, 0.3) is 5.69 Å². The summed E-state index contributed by atoms with van der Waals surface area (Å²) < 4.78 is 5.63. The third-order valence-corrected chi connectivity index (χ3v) is 5.97. The molecule has 1 amide bonds. The van der Waals surface area contributed by atoms with Crippen LogP contribution in [0.2, 0.25) is 0 Å². The maximum absolute atomic E-state index is 12.4. The highest BCUT2D eigenvalue weighted by Gasteiger charge is 2.64. The average Bonchev–Trinajstić information content (AvgIpc) is 3.03. The fourth-order valence-electron chi connectivity index (χ4n) is 4.49. The Kier molecular flexibility index (Phi) is 4.30. The van der Waals surface area contributed by atoms with Crippen molar-refractivity contribution in [2.45, 2.75) is 32.6 Å². The summed E-state index contributed by atoms with van der Waals surface area (Å²) in [7, 11) is 0. The van der Waals surface area contributed by atoms with Crippen molar-refractivity contribution < 1.29 is 14.1 Å². The molecule has 2 fully saturated rings. The van der Waals surface area contributed by atoms with Gasteiger partial charge in [-0.2, -0.15) is 5.10 Å². The van der Waals surface area contributed by atoms with Crippen LogP contribution in [0.4, 0.5) is 5.69 Å². The number of benzene rings is 1. The lowest BCUT2D eigenvalue weighted by Gasteiger charge is -2.15. The Hall–Kier alpha value is -2.96. The lowest BCUT2D eigenvalue weighted by molar-refractivity contribution is -0.384. The minimum atomic E-state index is -0.443. The Labute approximate surface area is 156 Å². The third-order valence-electron chi connectivity index (χ3n) is 5.97. The van der Waals surface area contributed by atoms with Crippen molar-refractivity contribution in [3.8, 4) is 11.3 Å². The second kappa shape index (κ2) is 6.64. The predicted octanol–water partition coefficient (Wildman–Crippen LogP) is 4.13. The molecule has 1 aromatic carbocycles. The number of fused-ring (bicyclic) bond motifs is 1. The molecule has 7 nitrogen and oxygen atoms in total. The number of amides is 1. The quantitative estimate of drug-likeness (QED) is 0.488. The van der Waals surface area contributed by atoms with Gasteiger partial charge < -0.3 is 4.42 Å². The van der Waals surface area contributed by atoms with Crippen LogP contribution >= 0.6 is 0 Å². The molecule has 2 aliphatic carbocycles. The minimum absolute atomic E-state index is 0.0202. The number of hydrazone groups is 1. The van der Waals surface area contributed by atoms with Crippen LogP contribution in [0.3, 0.4) is 0 Å². The molecular formula is C20H21N3O4. The summed E-state index contributed by atoms with van der Waals surface area (Å²) in [5.41, 5.74) is 3.14. The van der Waals surface area contributed by atoms with Crippen molar-refractivity contribution in [2.75, 3.05) is 0 Å². The standard InChI is InChI=1S/C20H21N3O4/c1-20-11-5-4-7-15(20)18(20)19(24)22-21-12-13-9-10-17(27-13)14-6-2-3-8-16(14)23(25)26/h2-3,6,8-10,12,15,18H,4-5,7,11H2,1H3,(H,22,24)/b21-12-/t15-,18-,20+/m1/s1. The smallest absolute Gasteiger partial charge is 0.280 e. The second-order valence-electron chi connectivity index (χ2n) is 7.55. The normalized spacial score (nSPS) is 26.6. The van der Waals surface area contributed by atoms with Crippen molar-refractivity contribution in [1.29, 1.82) is 0 Å². The number of nitro benzene ring substituents is 1. The summed E-state index contributed by atoms with van der Waals surface area (Å²) in [4.78, 5) is 23.1. The first kappa shape index (κ1) is 17.5. The van der Waals surface area contributed by atoms with Gasteiger partial charge in [0.1, 0.15) is 11.5 Å². The Morgan fingerprint density at radius 1 is 1.33 bits per heavy atom. The maximum Gasteiger partial charge on any atom is 0.280 e. The summed E-state index contributed by atoms with van der Waals surface area (Å²) in [6, 6.07) is 9.71. The maximum atomic E-state index is 12.4. The molecule has 7 heteroatoms. The van der Waals surface area contributed by atoms with E-state index in [0.717, 1.165) is 12.8 Å². The van der Waals surface area contributed by atoms with Crippen LogP contribution in [0.25, 0.3) is 11.3 Å². The predicted molar refractivity (Wildman–Crippen MR) is 100 cm³/mol. The van der Waals surface area contributed by atoms with E-state index >= 15 is 0 Å². The van der Waals surface area contributed by atoms with E-state index in [0.29, 0.717) is 23.0 Å². The number of nitrogens with zero attached hydrogens (tertiary/aromatic N) is 2. The molecule has 1 heterocycles. The molecule has 27 heavy (non-hydrogen) atoms. The van der Waals surface area contributed by atoms with Crippen molar-refractivity contribution >= 4 is 17.8 Å². The lowest BCUT2D eigenvalue weighted by atomic mass is 9.90. The van der Waals surface area contributed by atoms with Gasteiger partial charge in [0.2, 0.25) is 5.91 Å². The largest absolute Gasteiger partial charge is 0.455 e. The van der Waals surface area contributed by atoms with E-state index < -0.39 is 4.92 Å². The van der Waals surface area contributed by atoms with E-state index in [1.165, 1.54) is 25.1 Å². The molecule has 0 bridgehead atoms. The summed E-state index contributed by atoms with van der Waals surface area (Å²) >= 11 is 0. The van der Waals surface area contributed by atoms with E-state index in [4.69, 9.17) is 4.42 Å². The number of carbonyl (C=O) groups excluding carboxylic acids is 1. The molecule has 0 aliphatic heterocycles. The van der Waals surface area contributed by atoms with Crippen LogP contribution in [-0.4, -0.2) is 17.0 Å². The van der Waals surface area contributed by atoms with Crippen LogP contribution in [0.1, 0.15) is 38.4 Å². The van der Waals surface area contributed by atoms with Crippen molar-refractivity contribution in [1.82, 2.24) is 5.43 Å². The number of rotatable bonds is 5. The molecular weight excluding hydrogens is 346 g/mol. The zero-order chi connectivity index (χ0) is 19.0. The first-order valence-corrected chi connectivity index (χ1v) is 9.17. The molecule has 2 aromatic rings. The number of hydrogen-bond donors (Lipinski definition) is 1. The number of furan rings is 1. The fraction of sp³-hybridized carbons (Fsp3) is 0.400. The molecule has 1 aromatic heterocycles. The summed E-state index contributed by atoms with van der Waals surface area (Å²) in [6.45, 7) is 2.19. The SMILES string of the molecule is C[C@]12CCCC[C@@H]1[C@@H]2C(=O)N/N=C\c1ccc(-c2ccccc2[N+](=O)[O-])o1. The highest BCUT2D eigenvalue weighted by molar-refractivity contribution is 5.85. The molecule has 1 N–H and O–H groups in total. The Morgan fingerprint density at radius 3 is 2.89 bits per heavy atom. The summed E-state index contributed by atoms with van der Waals surface area (Å²) in [5, 5.41) is 15.1. The van der Waals surface area contributed by atoms with Gasteiger partial charge >= 0.3 is 0 Å². The zero-order valence-corrected chi connectivity index (χ0v) is 15.1. The van der Waals surface area contributed by atoms with Crippen molar-refractivity contribution in [3.63, 3.8) is 0 Å². The Balaban J connectivity index is 1.42. The molecule has 2 aliphatic rings.